The van der Waals surface area contributed by atoms with Crippen LogP contribution in [0.4, 0.5) is 0 Å². The molecule has 4 rings (SSSR count). The SMILES string of the molecule is CCCCc1nc(CC2CCCCC2)nn1Cc1ccc(-c2ccccc2)c(C(=O)O)c1. The zero-order valence-corrected chi connectivity index (χ0v) is 19.0. The molecule has 1 fully saturated rings. The van der Waals surface area contributed by atoms with Crippen LogP contribution in [0.5, 0.6) is 0 Å². The molecule has 1 aliphatic rings. The van der Waals surface area contributed by atoms with Crippen LogP contribution in [-0.4, -0.2) is 25.8 Å². The van der Waals surface area contributed by atoms with Gasteiger partial charge in [-0.3, -0.25) is 0 Å². The van der Waals surface area contributed by atoms with Crippen LogP contribution in [0.25, 0.3) is 11.1 Å². The first kappa shape index (κ1) is 22.3. The number of unbranched alkanes of at least 4 members (excludes halogenated alkanes) is 1. The molecule has 5 nitrogen and oxygen atoms in total. The van der Waals surface area contributed by atoms with Crippen molar-refractivity contribution in [3.05, 3.63) is 71.3 Å². The summed E-state index contributed by atoms with van der Waals surface area (Å²) in [6.07, 6.45) is 10.6. The zero-order chi connectivity index (χ0) is 22.3. The van der Waals surface area contributed by atoms with Gasteiger partial charge >= 0.3 is 5.97 Å². The fraction of sp³-hybridized carbons (Fsp3) is 0.444. The van der Waals surface area contributed by atoms with Gasteiger partial charge in [0.25, 0.3) is 0 Å². The number of hydrogen-bond donors (Lipinski definition) is 1. The second kappa shape index (κ2) is 10.6. The lowest BCUT2D eigenvalue weighted by atomic mass is 9.87. The van der Waals surface area contributed by atoms with Crippen molar-refractivity contribution in [1.29, 1.82) is 0 Å². The molecule has 0 atom stereocenters. The Balaban J connectivity index is 1.59. The minimum atomic E-state index is -0.909. The number of carbonyl (C=O) groups is 1. The Morgan fingerprint density at radius 1 is 1.09 bits per heavy atom. The van der Waals surface area contributed by atoms with Gasteiger partial charge in [-0.15, -0.1) is 0 Å². The number of rotatable bonds is 9. The lowest BCUT2D eigenvalue weighted by Gasteiger charge is -2.19. The first-order chi connectivity index (χ1) is 15.6. The lowest BCUT2D eigenvalue weighted by molar-refractivity contribution is 0.0697. The Hall–Kier alpha value is -2.95. The van der Waals surface area contributed by atoms with E-state index in [0.717, 1.165) is 54.0 Å². The highest BCUT2D eigenvalue weighted by Gasteiger charge is 2.19. The van der Waals surface area contributed by atoms with Gasteiger partial charge in [-0.2, -0.15) is 5.10 Å². The molecule has 0 bridgehead atoms. The molecule has 1 saturated carbocycles. The number of hydrogen-bond acceptors (Lipinski definition) is 3. The second-order valence-electron chi connectivity index (χ2n) is 8.96. The predicted octanol–water partition coefficient (Wildman–Crippen LogP) is 6.16. The number of benzene rings is 2. The lowest BCUT2D eigenvalue weighted by Crippen LogP contribution is -2.11. The van der Waals surface area contributed by atoms with E-state index >= 15 is 0 Å². The first-order valence-corrected chi connectivity index (χ1v) is 12.0. The maximum Gasteiger partial charge on any atom is 0.336 e. The molecule has 2 aromatic carbocycles. The summed E-state index contributed by atoms with van der Waals surface area (Å²) >= 11 is 0. The van der Waals surface area contributed by atoms with E-state index in [-0.39, 0.29) is 0 Å². The molecular weight excluding hydrogens is 398 g/mol. The quantitative estimate of drug-likeness (QED) is 0.441. The van der Waals surface area contributed by atoms with Crippen molar-refractivity contribution in [2.24, 2.45) is 5.92 Å². The summed E-state index contributed by atoms with van der Waals surface area (Å²) in [5, 5.41) is 14.7. The summed E-state index contributed by atoms with van der Waals surface area (Å²) in [4.78, 5) is 16.9. The third kappa shape index (κ3) is 5.45. The largest absolute Gasteiger partial charge is 0.478 e. The van der Waals surface area contributed by atoms with Crippen LogP contribution < -0.4 is 0 Å². The van der Waals surface area contributed by atoms with E-state index in [4.69, 9.17) is 10.1 Å². The van der Waals surface area contributed by atoms with E-state index in [2.05, 4.69) is 6.92 Å². The van der Waals surface area contributed by atoms with Crippen molar-refractivity contribution in [2.75, 3.05) is 0 Å². The van der Waals surface area contributed by atoms with Gasteiger partial charge in [0.1, 0.15) is 5.82 Å². The topological polar surface area (TPSA) is 68.0 Å². The van der Waals surface area contributed by atoms with Crippen molar-refractivity contribution >= 4 is 5.97 Å². The van der Waals surface area contributed by atoms with Gasteiger partial charge in [0.15, 0.2) is 5.82 Å². The molecule has 0 amide bonds. The molecule has 0 saturated heterocycles. The van der Waals surface area contributed by atoms with E-state index < -0.39 is 5.97 Å². The Morgan fingerprint density at radius 2 is 1.88 bits per heavy atom. The van der Waals surface area contributed by atoms with Gasteiger partial charge in [-0.05, 0) is 35.1 Å². The molecule has 0 aliphatic heterocycles. The Kier molecular flexibility index (Phi) is 7.35. The average molecular weight is 432 g/mol. The minimum Gasteiger partial charge on any atom is -0.478 e. The maximum atomic E-state index is 12.0. The van der Waals surface area contributed by atoms with Gasteiger partial charge in [0.05, 0.1) is 12.1 Å². The fourth-order valence-electron chi connectivity index (χ4n) is 4.72. The summed E-state index contributed by atoms with van der Waals surface area (Å²) in [6, 6.07) is 15.4. The van der Waals surface area contributed by atoms with Gasteiger partial charge < -0.3 is 5.11 Å². The van der Waals surface area contributed by atoms with Crippen LogP contribution in [0.15, 0.2) is 48.5 Å². The molecule has 3 aromatic rings. The van der Waals surface area contributed by atoms with E-state index in [1.54, 1.807) is 6.07 Å². The van der Waals surface area contributed by atoms with Crippen LogP contribution in [-0.2, 0) is 19.4 Å². The third-order valence-electron chi connectivity index (χ3n) is 6.47. The van der Waals surface area contributed by atoms with Gasteiger partial charge in [0, 0.05) is 12.8 Å². The van der Waals surface area contributed by atoms with Gasteiger partial charge in [-0.1, -0.05) is 87.9 Å². The number of carboxylic acid groups (broad SMARTS) is 1. The van der Waals surface area contributed by atoms with Gasteiger partial charge in [-0.25, -0.2) is 14.5 Å². The van der Waals surface area contributed by atoms with Crippen molar-refractivity contribution < 1.29 is 9.90 Å². The molecule has 0 radical (unpaired) electrons. The van der Waals surface area contributed by atoms with Gasteiger partial charge in [0.2, 0.25) is 0 Å². The van der Waals surface area contributed by atoms with Crippen molar-refractivity contribution in [3.63, 3.8) is 0 Å². The molecule has 168 valence electrons. The summed E-state index contributed by atoms with van der Waals surface area (Å²) in [5.41, 5.74) is 2.92. The van der Waals surface area contributed by atoms with E-state index in [1.165, 1.54) is 32.1 Å². The number of aromatic carboxylic acids is 1. The molecule has 0 unspecified atom stereocenters. The molecule has 1 aromatic heterocycles. The highest BCUT2D eigenvalue weighted by Crippen LogP contribution is 2.27. The van der Waals surface area contributed by atoms with Crippen LogP contribution >= 0.6 is 0 Å². The van der Waals surface area contributed by atoms with E-state index in [9.17, 15) is 9.90 Å². The molecule has 1 heterocycles. The Bertz CT molecular complexity index is 1040. The normalized spacial score (nSPS) is 14.5. The Labute approximate surface area is 190 Å². The molecule has 1 aliphatic carbocycles. The highest BCUT2D eigenvalue weighted by atomic mass is 16.4. The number of aromatic nitrogens is 3. The minimum absolute atomic E-state index is 0.325. The monoisotopic (exact) mass is 431 g/mol. The van der Waals surface area contributed by atoms with Crippen LogP contribution in [0.2, 0.25) is 0 Å². The van der Waals surface area contributed by atoms with Crippen molar-refractivity contribution in [3.8, 4) is 11.1 Å². The Morgan fingerprint density at radius 3 is 2.59 bits per heavy atom. The predicted molar refractivity (Wildman–Crippen MR) is 127 cm³/mol. The van der Waals surface area contributed by atoms with E-state index in [0.29, 0.717) is 18.0 Å². The summed E-state index contributed by atoms with van der Waals surface area (Å²) < 4.78 is 2.00. The van der Waals surface area contributed by atoms with E-state index in [1.807, 2.05) is 47.1 Å². The zero-order valence-electron chi connectivity index (χ0n) is 19.0. The number of nitrogens with zero attached hydrogens (tertiary/aromatic N) is 3. The summed E-state index contributed by atoms with van der Waals surface area (Å²) in [7, 11) is 0. The molecular formula is C27H33N3O2. The highest BCUT2D eigenvalue weighted by molar-refractivity contribution is 5.96. The fourth-order valence-corrected chi connectivity index (χ4v) is 4.72. The summed E-state index contributed by atoms with van der Waals surface area (Å²) in [5.74, 6) is 1.75. The molecule has 5 heteroatoms. The smallest absolute Gasteiger partial charge is 0.336 e. The van der Waals surface area contributed by atoms with Crippen LogP contribution in [0.3, 0.4) is 0 Å². The van der Waals surface area contributed by atoms with Crippen LogP contribution in [0, 0.1) is 5.92 Å². The van der Waals surface area contributed by atoms with Crippen LogP contribution in [0.1, 0.15) is 79.4 Å². The molecule has 0 spiro atoms. The average Bonchev–Trinajstić information content (AvgIpc) is 3.19. The third-order valence-corrected chi connectivity index (χ3v) is 6.47. The first-order valence-electron chi connectivity index (χ1n) is 12.0. The standard InChI is InChI=1S/C27H33N3O2/c1-2-3-14-26-28-25(18-20-10-6-4-7-11-20)29-30(26)19-21-15-16-23(24(17-21)27(31)32)22-12-8-5-9-13-22/h5,8-9,12-13,15-17,20H,2-4,6-7,10-11,14,18-19H2,1H3,(H,31,32). The summed E-state index contributed by atoms with van der Waals surface area (Å²) in [6.45, 7) is 2.73. The molecule has 32 heavy (non-hydrogen) atoms. The second-order valence-corrected chi connectivity index (χ2v) is 8.96. The number of aryl methyl sites for hydroxylation is 1. The maximum absolute atomic E-state index is 12.0. The molecule has 1 N–H and O–H groups in total. The van der Waals surface area contributed by atoms with Crippen molar-refractivity contribution in [2.45, 2.75) is 71.3 Å². The van der Waals surface area contributed by atoms with Crippen molar-refractivity contribution in [1.82, 2.24) is 14.8 Å². The number of carboxylic acids is 1.